The number of amides is 2. The van der Waals surface area contributed by atoms with Crippen LogP contribution in [0.4, 0.5) is 15.0 Å². The van der Waals surface area contributed by atoms with Crippen LogP contribution in [0.2, 0.25) is 0 Å². The molecule has 0 bridgehead atoms. The molecule has 0 unspecified atom stereocenters. The zero-order valence-electron chi connectivity index (χ0n) is 12.4. The highest BCUT2D eigenvalue weighted by Gasteiger charge is 2.26. The van der Waals surface area contributed by atoms with E-state index in [1.165, 1.54) is 24.5 Å². The molecule has 8 heteroatoms. The lowest BCUT2D eigenvalue weighted by Crippen LogP contribution is -2.46. The van der Waals surface area contributed by atoms with Crippen molar-refractivity contribution in [3.63, 3.8) is 0 Å². The van der Waals surface area contributed by atoms with E-state index < -0.39 is 5.82 Å². The quantitative estimate of drug-likeness (QED) is 0.937. The molecule has 1 atom stereocenters. The van der Waals surface area contributed by atoms with E-state index in [1.54, 1.807) is 17.0 Å². The van der Waals surface area contributed by atoms with Crippen LogP contribution in [0.1, 0.15) is 12.8 Å². The van der Waals surface area contributed by atoms with Gasteiger partial charge in [-0.05, 0) is 37.1 Å². The maximum absolute atomic E-state index is 13.6. The summed E-state index contributed by atoms with van der Waals surface area (Å²) in [7, 11) is 0. The van der Waals surface area contributed by atoms with Crippen molar-refractivity contribution < 1.29 is 13.9 Å². The fraction of sp³-hybridized carbons (Fsp3) is 0.333. The molecule has 1 aliphatic heterocycles. The highest BCUT2D eigenvalue weighted by Crippen LogP contribution is 2.19. The summed E-state index contributed by atoms with van der Waals surface area (Å²) in [5.41, 5.74) is 0. The monoisotopic (exact) mass is 317 g/mol. The molecule has 1 fully saturated rings. The van der Waals surface area contributed by atoms with Crippen molar-refractivity contribution in [1.82, 2.24) is 20.1 Å². The largest absolute Gasteiger partial charge is 0.470 e. The number of likely N-dealkylation sites (tertiary alicyclic amines) is 1. The predicted octanol–water partition coefficient (Wildman–Crippen LogP) is 2.09. The van der Waals surface area contributed by atoms with Gasteiger partial charge < -0.3 is 9.64 Å². The Morgan fingerprint density at radius 2 is 2.22 bits per heavy atom. The van der Waals surface area contributed by atoms with Crippen molar-refractivity contribution in [3.05, 3.63) is 42.5 Å². The second kappa shape index (κ2) is 6.99. The van der Waals surface area contributed by atoms with Crippen molar-refractivity contribution in [1.29, 1.82) is 0 Å². The number of anilines is 1. The van der Waals surface area contributed by atoms with Gasteiger partial charge in [-0.3, -0.25) is 5.32 Å². The number of nitrogens with one attached hydrogen (secondary N) is 1. The normalized spacial score (nSPS) is 17.6. The Morgan fingerprint density at radius 1 is 1.35 bits per heavy atom. The van der Waals surface area contributed by atoms with Crippen LogP contribution in [-0.2, 0) is 0 Å². The molecule has 1 N–H and O–H groups in total. The molecule has 7 nitrogen and oxygen atoms in total. The summed E-state index contributed by atoms with van der Waals surface area (Å²) in [6.07, 6.45) is 4.22. The number of hydrogen-bond donors (Lipinski definition) is 1. The highest BCUT2D eigenvalue weighted by atomic mass is 19.1. The number of rotatable bonds is 3. The van der Waals surface area contributed by atoms with E-state index in [-0.39, 0.29) is 18.0 Å². The molecule has 3 rings (SSSR count). The second-order valence-electron chi connectivity index (χ2n) is 5.16. The molecule has 120 valence electrons. The number of halogens is 1. The van der Waals surface area contributed by atoms with Gasteiger partial charge in [-0.2, -0.15) is 5.10 Å². The van der Waals surface area contributed by atoms with E-state index in [4.69, 9.17) is 4.74 Å². The summed E-state index contributed by atoms with van der Waals surface area (Å²) >= 11 is 0. The topological polar surface area (TPSA) is 80.2 Å². The lowest BCUT2D eigenvalue weighted by Gasteiger charge is -2.32. The Bertz CT molecular complexity index is 670. The van der Waals surface area contributed by atoms with Gasteiger partial charge >= 0.3 is 6.03 Å². The Morgan fingerprint density at radius 3 is 3.00 bits per heavy atom. The molecule has 0 radical (unpaired) electrons. The third kappa shape index (κ3) is 3.91. The first kappa shape index (κ1) is 15.1. The van der Waals surface area contributed by atoms with E-state index in [1.807, 2.05) is 0 Å². The Labute approximate surface area is 132 Å². The van der Waals surface area contributed by atoms with Crippen LogP contribution in [0, 0.1) is 5.82 Å². The van der Waals surface area contributed by atoms with Gasteiger partial charge in [-0.15, -0.1) is 5.10 Å². The number of urea groups is 1. The summed E-state index contributed by atoms with van der Waals surface area (Å²) in [4.78, 5) is 17.7. The van der Waals surface area contributed by atoms with E-state index in [2.05, 4.69) is 20.5 Å². The van der Waals surface area contributed by atoms with Crippen LogP contribution in [0.3, 0.4) is 0 Å². The predicted molar refractivity (Wildman–Crippen MR) is 80.5 cm³/mol. The van der Waals surface area contributed by atoms with E-state index in [0.717, 1.165) is 12.8 Å². The molecule has 1 saturated heterocycles. The minimum absolute atomic E-state index is 0.0336. The summed E-state index contributed by atoms with van der Waals surface area (Å²) in [5.74, 6) is -0.154. The van der Waals surface area contributed by atoms with Gasteiger partial charge in [0.25, 0.3) is 5.88 Å². The van der Waals surface area contributed by atoms with Gasteiger partial charge in [-0.1, -0.05) is 0 Å². The minimum atomic E-state index is -0.506. The molecule has 23 heavy (non-hydrogen) atoms. The fourth-order valence-electron chi connectivity index (χ4n) is 2.39. The third-order valence-corrected chi connectivity index (χ3v) is 3.48. The molecule has 2 aromatic heterocycles. The zero-order valence-corrected chi connectivity index (χ0v) is 12.4. The number of piperidine rings is 1. The van der Waals surface area contributed by atoms with Crippen molar-refractivity contribution in [2.75, 3.05) is 18.4 Å². The molecule has 3 heterocycles. The molecule has 0 saturated carbocycles. The SMILES string of the molecule is O=C(Nc1cccnn1)N1CCC[C@H](Oc2ncccc2F)C1. The molecule has 1 aliphatic rings. The summed E-state index contributed by atoms with van der Waals surface area (Å²) in [6.45, 7) is 0.971. The summed E-state index contributed by atoms with van der Waals surface area (Å²) in [6, 6.07) is 5.87. The molecule has 0 aromatic carbocycles. The van der Waals surface area contributed by atoms with Gasteiger partial charge in [0.05, 0.1) is 6.54 Å². The molecular weight excluding hydrogens is 301 g/mol. The highest BCUT2D eigenvalue weighted by molar-refractivity contribution is 5.88. The average molecular weight is 317 g/mol. The number of nitrogens with zero attached hydrogens (tertiary/aromatic N) is 4. The van der Waals surface area contributed by atoms with Crippen LogP contribution in [0.5, 0.6) is 5.88 Å². The maximum atomic E-state index is 13.6. The standard InChI is InChI=1S/C15H16FN5O2/c16-12-5-1-7-17-14(12)23-11-4-3-9-21(10-11)15(22)19-13-6-2-8-18-20-13/h1-2,5-8,11H,3-4,9-10H2,(H,19,20,22)/t11-/m0/s1. The van der Waals surface area contributed by atoms with Crippen LogP contribution < -0.4 is 10.1 Å². The summed E-state index contributed by atoms with van der Waals surface area (Å²) < 4.78 is 19.2. The van der Waals surface area contributed by atoms with Crippen LogP contribution >= 0.6 is 0 Å². The summed E-state index contributed by atoms with van der Waals surface area (Å²) in [5, 5.41) is 10.2. The molecule has 0 spiro atoms. The van der Waals surface area contributed by atoms with Gasteiger partial charge in [0.15, 0.2) is 11.6 Å². The van der Waals surface area contributed by atoms with E-state index in [0.29, 0.717) is 18.9 Å². The number of hydrogen-bond acceptors (Lipinski definition) is 5. The average Bonchev–Trinajstić information content (AvgIpc) is 2.58. The first-order chi connectivity index (χ1) is 11.2. The Balaban J connectivity index is 1.59. The van der Waals surface area contributed by atoms with Gasteiger partial charge in [0.2, 0.25) is 0 Å². The van der Waals surface area contributed by atoms with E-state index in [9.17, 15) is 9.18 Å². The maximum Gasteiger partial charge on any atom is 0.323 e. The van der Waals surface area contributed by atoms with Gasteiger partial charge in [-0.25, -0.2) is 14.2 Å². The second-order valence-corrected chi connectivity index (χ2v) is 5.16. The van der Waals surface area contributed by atoms with E-state index >= 15 is 0 Å². The Kier molecular flexibility index (Phi) is 4.60. The zero-order chi connectivity index (χ0) is 16.1. The number of ether oxygens (including phenoxy) is 1. The van der Waals surface area contributed by atoms with Gasteiger partial charge in [0.1, 0.15) is 6.10 Å². The first-order valence-electron chi connectivity index (χ1n) is 7.33. The Hall–Kier alpha value is -2.77. The number of pyridine rings is 1. The molecular formula is C15H16FN5O2. The van der Waals surface area contributed by atoms with Crippen LogP contribution in [-0.4, -0.2) is 45.3 Å². The lowest BCUT2D eigenvalue weighted by molar-refractivity contribution is 0.0986. The molecule has 2 aromatic rings. The van der Waals surface area contributed by atoms with Crippen molar-refractivity contribution >= 4 is 11.8 Å². The number of carbonyl (C=O) groups is 1. The molecule has 0 aliphatic carbocycles. The van der Waals surface area contributed by atoms with Crippen molar-refractivity contribution in [3.8, 4) is 5.88 Å². The lowest BCUT2D eigenvalue weighted by atomic mass is 10.1. The third-order valence-electron chi connectivity index (χ3n) is 3.48. The van der Waals surface area contributed by atoms with Crippen LogP contribution in [0.25, 0.3) is 0 Å². The van der Waals surface area contributed by atoms with Crippen LogP contribution in [0.15, 0.2) is 36.7 Å². The van der Waals surface area contributed by atoms with Crippen molar-refractivity contribution in [2.45, 2.75) is 18.9 Å². The fourth-order valence-corrected chi connectivity index (χ4v) is 2.39. The minimum Gasteiger partial charge on any atom is -0.470 e. The first-order valence-corrected chi connectivity index (χ1v) is 7.33. The number of carbonyl (C=O) groups excluding carboxylic acids is 1. The van der Waals surface area contributed by atoms with Crippen molar-refractivity contribution in [2.24, 2.45) is 0 Å². The molecule has 2 amide bonds. The number of aromatic nitrogens is 3. The smallest absolute Gasteiger partial charge is 0.323 e. The van der Waals surface area contributed by atoms with Gasteiger partial charge in [0, 0.05) is 18.9 Å².